The Morgan fingerprint density at radius 2 is 1.49 bits per heavy atom. The fourth-order valence-corrected chi connectivity index (χ4v) is 4.40. The van der Waals surface area contributed by atoms with E-state index in [2.05, 4.69) is 26.1 Å². The molecule has 0 saturated carbocycles. The quantitative estimate of drug-likeness (QED) is 0.271. The second-order valence-corrected chi connectivity index (χ2v) is 11.4. The number of amides is 3. The van der Waals surface area contributed by atoms with Crippen molar-refractivity contribution < 1.29 is 23.9 Å². The van der Waals surface area contributed by atoms with Gasteiger partial charge in [0.1, 0.15) is 23.4 Å². The molecule has 3 amide bonds. The van der Waals surface area contributed by atoms with E-state index in [0.29, 0.717) is 19.4 Å². The number of carbonyl (C=O) groups is 4. The van der Waals surface area contributed by atoms with Crippen molar-refractivity contribution in [3.8, 4) is 0 Å². The third kappa shape index (κ3) is 8.74. The highest BCUT2D eigenvalue weighted by Gasteiger charge is 2.50. The molecule has 212 valence electrons. The van der Waals surface area contributed by atoms with E-state index in [4.69, 9.17) is 4.74 Å². The number of rotatable bonds is 14. The van der Waals surface area contributed by atoms with E-state index in [-0.39, 0.29) is 29.7 Å². The summed E-state index contributed by atoms with van der Waals surface area (Å²) in [4.78, 5) is 53.0. The summed E-state index contributed by atoms with van der Waals surface area (Å²) >= 11 is 0. The number of ether oxygens (including phenoxy) is 1. The van der Waals surface area contributed by atoms with E-state index in [0.717, 1.165) is 11.3 Å². The molecule has 10 nitrogen and oxygen atoms in total. The Morgan fingerprint density at radius 3 is 2.03 bits per heavy atom. The molecule has 1 aliphatic heterocycles. The van der Waals surface area contributed by atoms with Crippen LogP contribution in [0.5, 0.6) is 0 Å². The van der Waals surface area contributed by atoms with E-state index < -0.39 is 41.4 Å². The summed E-state index contributed by atoms with van der Waals surface area (Å²) in [6.07, 6.45) is 1.03. The molecule has 39 heavy (non-hydrogen) atoms. The summed E-state index contributed by atoms with van der Waals surface area (Å²) in [6.45, 7) is 11.7. The first-order valence-electron chi connectivity index (χ1n) is 13.5. The fourth-order valence-electron chi connectivity index (χ4n) is 4.40. The maximum absolute atomic E-state index is 13.6. The molecule has 2 heterocycles. The number of aromatic nitrogens is 2. The van der Waals surface area contributed by atoms with E-state index >= 15 is 0 Å². The van der Waals surface area contributed by atoms with Crippen LogP contribution in [-0.2, 0) is 25.5 Å². The van der Waals surface area contributed by atoms with Crippen molar-refractivity contribution in [1.29, 1.82) is 0 Å². The zero-order chi connectivity index (χ0) is 28.7. The van der Waals surface area contributed by atoms with Gasteiger partial charge in [-0.25, -0.2) is 0 Å². The van der Waals surface area contributed by atoms with Crippen LogP contribution in [0.3, 0.4) is 0 Å². The smallest absolute Gasteiger partial charge is 0.272 e. The van der Waals surface area contributed by atoms with Crippen LogP contribution in [0.15, 0.2) is 36.4 Å². The molecule has 0 unspecified atom stereocenters. The SMILES string of the molecule is Cc1cc(C(=O)N[C@@H](CC(C)C)C(=O)N[C@@H](Cc2ccccc2)C(=O)N[C@@H](CC(C)C)C(=O)[C@@]2(C)CO2)n[nH]1. The Bertz CT molecular complexity index is 1160. The van der Waals surface area contributed by atoms with Crippen LogP contribution in [0.25, 0.3) is 0 Å². The molecule has 1 saturated heterocycles. The number of Topliss-reactive ketones (excluding diaryl/α,β-unsaturated/α-hetero) is 1. The third-order valence-electron chi connectivity index (χ3n) is 6.62. The van der Waals surface area contributed by atoms with Gasteiger partial charge in [-0.15, -0.1) is 0 Å². The molecule has 4 atom stereocenters. The van der Waals surface area contributed by atoms with Gasteiger partial charge in [0.25, 0.3) is 5.91 Å². The standard InChI is InChI=1S/C29H41N5O5/c1-17(2)12-21(25(35)29(6)16-39-29)30-27(37)23(15-20-10-8-7-9-11-20)32-26(36)22(13-18(3)4)31-28(38)24-14-19(5)33-34-24/h7-11,14,17-18,21-23H,12-13,15-16H2,1-6H3,(H,30,37)(H,31,38)(H,32,36)(H,33,34)/t21-,22-,23-,29+/m0/s1. The molecule has 0 spiro atoms. The molecule has 0 radical (unpaired) electrons. The van der Waals surface area contributed by atoms with Crippen LogP contribution in [0.2, 0.25) is 0 Å². The topological polar surface area (TPSA) is 146 Å². The average molecular weight is 540 g/mol. The molecule has 1 aromatic heterocycles. The van der Waals surface area contributed by atoms with Crippen molar-refractivity contribution >= 4 is 23.5 Å². The van der Waals surface area contributed by atoms with E-state index in [1.807, 2.05) is 58.0 Å². The number of nitrogens with zero attached hydrogens (tertiary/aromatic N) is 1. The fraction of sp³-hybridized carbons (Fsp3) is 0.552. The number of aryl methyl sites for hydroxylation is 1. The lowest BCUT2D eigenvalue weighted by atomic mass is 9.93. The Balaban J connectivity index is 1.80. The highest BCUT2D eigenvalue weighted by Crippen LogP contribution is 2.29. The summed E-state index contributed by atoms with van der Waals surface area (Å²) < 4.78 is 5.35. The lowest BCUT2D eigenvalue weighted by Crippen LogP contribution is -2.57. The summed E-state index contributed by atoms with van der Waals surface area (Å²) in [5.41, 5.74) is 0.861. The number of carbonyl (C=O) groups excluding carboxylic acids is 4. The lowest BCUT2D eigenvalue weighted by Gasteiger charge is -2.27. The van der Waals surface area contributed by atoms with E-state index in [1.165, 1.54) is 0 Å². The van der Waals surface area contributed by atoms with Gasteiger partial charge in [-0.3, -0.25) is 24.3 Å². The maximum atomic E-state index is 13.6. The number of nitrogens with one attached hydrogen (secondary N) is 4. The van der Waals surface area contributed by atoms with Gasteiger partial charge in [-0.2, -0.15) is 5.10 Å². The van der Waals surface area contributed by atoms with Crippen molar-refractivity contribution in [3.05, 3.63) is 53.3 Å². The summed E-state index contributed by atoms with van der Waals surface area (Å²) in [6, 6.07) is 8.34. The van der Waals surface area contributed by atoms with Gasteiger partial charge in [0.05, 0.1) is 12.6 Å². The maximum Gasteiger partial charge on any atom is 0.272 e. The third-order valence-corrected chi connectivity index (χ3v) is 6.62. The number of benzene rings is 1. The first-order chi connectivity index (χ1) is 18.4. The molecule has 3 rings (SSSR count). The number of epoxide rings is 1. The van der Waals surface area contributed by atoms with Crippen LogP contribution in [0.4, 0.5) is 0 Å². The Labute approximate surface area is 230 Å². The highest BCUT2D eigenvalue weighted by molar-refractivity contribution is 5.99. The lowest BCUT2D eigenvalue weighted by molar-refractivity contribution is -0.133. The van der Waals surface area contributed by atoms with Crippen molar-refractivity contribution in [1.82, 2.24) is 26.1 Å². The Morgan fingerprint density at radius 1 is 0.923 bits per heavy atom. The molecule has 1 aliphatic rings. The minimum absolute atomic E-state index is 0.0932. The van der Waals surface area contributed by atoms with Gasteiger partial charge in [-0.1, -0.05) is 58.0 Å². The molecule has 0 bridgehead atoms. The predicted octanol–water partition coefficient (Wildman–Crippen LogP) is 2.48. The normalized spacial score (nSPS) is 18.8. The Kier molecular flexibility index (Phi) is 10.0. The van der Waals surface area contributed by atoms with Crippen LogP contribution in [-0.4, -0.2) is 64.0 Å². The molecule has 2 aromatic rings. The van der Waals surface area contributed by atoms with Crippen molar-refractivity contribution in [3.63, 3.8) is 0 Å². The zero-order valence-corrected chi connectivity index (χ0v) is 23.7. The first-order valence-corrected chi connectivity index (χ1v) is 13.5. The van der Waals surface area contributed by atoms with E-state index in [1.54, 1.807) is 19.9 Å². The Hall–Kier alpha value is -3.53. The molecule has 1 aromatic carbocycles. The largest absolute Gasteiger partial charge is 0.361 e. The van der Waals surface area contributed by atoms with Crippen molar-refractivity contribution in [2.24, 2.45) is 11.8 Å². The number of hydrogen-bond acceptors (Lipinski definition) is 6. The number of H-pyrrole nitrogens is 1. The van der Waals surface area contributed by atoms with Crippen LogP contribution in [0.1, 0.15) is 69.2 Å². The van der Waals surface area contributed by atoms with Crippen LogP contribution >= 0.6 is 0 Å². The van der Waals surface area contributed by atoms with Gasteiger partial charge >= 0.3 is 0 Å². The van der Waals surface area contributed by atoms with Crippen LogP contribution in [0, 0.1) is 18.8 Å². The monoisotopic (exact) mass is 539 g/mol. The highest BCUT2D eigenvalue weighted by atomic mass is 16.6. The van der Waals surface area contributed by atoms with Gasteiger partial charge in [0.15, 0.2) is 5.78 Å². The molecule has 1 fully saturated rings. The van der Waals surface area contributed by atoms with Gasteiger partial charge in [-0.05, 0) is 50.2 Å². The molecule has 0 aliphatic carbocycles. The predicted molar refractivity (Wildman–Crippen MR) is 147 cm³/mol. The molecule has 10 heteroatoms. The molecule has 4 N–H and O–H groups in total. The summed E-state index contributed by atoms with van der Waals surface area (Å²) in [5, 5.41) is 15.2. The molecular weight excluding hydrogens is 498 g/mol. The van der Waals surface area contributed by atoms with Gasteiger partial charge in [0, 0.05) is 12.1 Å². The number of aromatic amines is 1. The minimum Gasteiger partial charge on any atom is -0.361 e. The van der Waals surface area contributed by atoms with Crippen LogP contribution < -0.4 is 16.0 Å². The first kappa shape index (κ1) is 30.0. The van der Waals surface area contributed by atoms with Crippen molar-refractivity contribution in [2.75, 3.05) is 6.61 Å². The van der Waals surface area contributed by atoms with Crippen molar-refractivity contribution in [2.45, 2.75) is 84.5 Å². The van der Waals surface area contributed by atoms with Gasteiger partial charge in [0.2, 0.25) is 11.8 Å². The second-order valence-electron chi connectivity index (χ2n) is 11.4. The minimum atomic E-state index is -0.963. The zero-order valence-electron chi connectivity index (χ0n) is 23.7. The molecular formula is C29H41N5O5. The summed E-state index contributed by atoms with van der Waals surface area (Å²) in [5.74, 6) is -1.36. The summed E-state index contributed by atoms with van der Waals surface area (Å²) in [7, 11) is 0. The van der Waals surface area contributed by atoms with Gasteiger partial charge < -0.3 is 20.7 Å². The second kappa shape index (κ2) is 13.0. The number of ketones is 1. The van der Waals surface area contributed by atoms with E-state index in [9.17, 15) is 19.2 Å². The number of hydrogen-bond donors (Lipinski definition) is 4. The average Bonchev–Trinajstić information content (AvgIpc) is 3.47.